The van der Waals surface area contributed by atoms with Crippen molar-refractivity contribution >= 4 is 11.6 Å². The summed E-state index contributed by atoms with van der Waals surface area (Å²) in [6.45, 7) is 9.75. The van der Waals surface area contributed by atoms with Crippen LogP contribution in [-0.4, -0.2) is 18.1 Å². The minimum absolute atomic E-state index is 0.0763. The van der Waals surface area contributed by atoms with Gasteiger partial charge in [0.2, 0.25) is 0 Å². The normalized spacial score (nSPS) is 12.3. The summed E-state index contributed by atoms with van der Waals surface area (Å²) < 4.78 is 5.77. The monoisotopic (exact) mass is 278 g/mol. The number of rotatable bonds is 6. The molecule has 0 aromatic heterocycles. The summed E-state index contributed by atoms with van der Waals surface area (Å²) in [6, 6.07) is 3.96. The maximum absolute atomic E-state index is 12.1. The quantitative estimate of drug-likeness (QED) is 0.786. The lowest BCUT2D eigenvalue weighted by atomic mass is 10.1. The molecule has 4 nitrogen and oxygen atoms in total. The average Bonchev–Trinajstić information content (AvgIpc) is 2.41. The van der Waals surface area contributed by atoms with Gasteiger partial charge in [0.05, 0.1) is 0 Å². The Morgan fingerprint density at radius 1 is 1.25 bits per heavy atom. The van der Waals surface area contributed by atoms with E-state index in [0.717, 1.165) is 29.7 Å². The van der Waals surface area contributed by atoms with Crippen LogP contribution in [0.5, 0.6) is 5.75 Å². The fourth-order valence-corrected chi connectivity index (χ4v) is 1.99. The van der Waals surface area contributed by atoms with E-state index >= 15 is 0 Å². The Labute approximate surface area is 121 Å². The van der Waals surface area contributed by atoms with Gasteiger partial charge < -0.3 is 15.8 Å². The number of nitrogens with two attached hydrogens (primary N) is 1. The summed E-state index contributed by atoms with van der Waals surface area (Å²) in [5.41, 5.74) is 8.48. The van der Waals surface area contributed by atoms with Crippen molar-refractivity contribution in [2.45, 2.75) is 59.6 Å². The fraction of sp³-hybridized carbons (Fsp3) is 0.562. The molecule has 0 bridgehead atoms. The standard InChI is InChI=1S/C16H26N2O2/c1-6-13(7-2)18-16(19)12(5)20-15-9-10(3)14(17)8-11(15)4/h8-9,12-13H,6-7,17H2,1-5H3,(H,18,19). The lowest BCUT2D eigenvalue weighted by Crippen LogP contribution is -2.42. The van der Waals surface area contributed by atoms with Gasteiger partial charge in [-0.15, -0.1) is 0 Å². The zero-order valence-corrected chi connectivity index (χ0v) is 13.1. The second-order valence-electron chi connectivity index (χ2n) is 5.26. The highest BCUT2D eigenvalue weighted by Crippen LogP contribution is 2.25. The maximum Gasteiger partial charge on any atom is 0.260 e. The lowest BCUT2D eigenvalue weighted by molar-refractivity contribution is -0.128. The topological polar surface area (TPSA) is 64.3 Å². The predicted octanol–water partition coefficient (Wildman–Crippen LogP) is 2.96. The van der Waals surface area contributed by atoms with Crippen molar-refractivity contribution in [1.82, 2.24) is 5.32 Å². The Morgan fingerprint density at radius 2 is 1.85 bits per heavy atom. The van der Waals surface area contributed by atoms with E-state index in [4.69, 9.17) is 10.5 Å². The van der Waals surface area contributed by atoms with Crippen molar-refractivity contribution in [3.8, 4) is 5.75 Å². The van der Waals surface area contributed by atoms with Gasteiger partial charge in [-0.25, -0.2) is 0 Å². The van der Waals surface area contributed by atoms with Gasteiger partial charge in [0.15, 0.2) is 6.10 Å². The highest BCUT2D eigenvalue weighted by atomic mass is 16.5. The van der Waals surface area contributed by atoms with Gasteiger partial charge >= 0.3 is 0 Å². The van der Waals surface area contributed by atoms with Crippen molar-refractivity contribution in [3.05, 3.63) is 23.3 Å². The molecule has 1 aromatic carbocycles. The van der Waals surface area contributed by atoms with Crippen LogP contribution in [0.25, 0.3) is 0 Å². The van der Waals surface area contributed by atoms with E-state index in [2.05, 4.69) is 19.2 Å². The van der Waals surface area contributed by atoms with Crippen molar-refractivity contribution < 1.29 is 9.53 Å². The van der Waals surface area contributed by atoms with E-state index in [1.165, 1.54) is 0 Å². The Kier molecular flexibility index (Phi) is 5.86. The highest BCUT2D eigenvalue weighted by molar-refractivity contribution is 5.81. The number of benzene rings is 1. The molecule has 0 fully saturated rings. The van der Waals surface area contributed by atoms with E-state index in [-0.39, 0.29) is 11.9 Å². The molecule has 20 heavy (non-hydrogen) atoms. The second-order valence-corrected chi connectivity index (χ2v) is 5.26. The lowest BCUT2D eigenvalue weighted by Gasteiger charge is -2.20. The van der Waals surface area contributed by atoms with Gasteiger partial charge in [0.1, 0.15) is 5.75 Å². The molecule has 112 valence electrons. The molecular weight excluding hydrogens is 252 g/mol. The number of aryl methyl sites for hydroxylation is 2. The summed E-state index contributed by atoms with van der Waals surface area (Å²) >= 11 is 0. The van der Waals surface area contributed by atoms with Crippen LogP contribution in [0.15, 0.2) is 12.1 Å². The van der Waals surface area contributed by atoms with Crippen LogP contribution in [0.2, 0.25) is 0 Å². The van der Waals surface area contributed by atoms with Crippen LogP contribution in [0.3, 0.4) is 0 Å². The van der Waals surface area contributed by atoms with Crippen molar-refractivity contribution in [1.29, 1.82) is 0 Å². The first-order valence-corrected chi connectivity index (χ1v) is 7.22. The largest absolute Gasteiger partial charge is 0.481 e. The first kappa shape index (κ1) is 16.3. The van der Waals surface area contributed by atoms with Gasteiger partial charge in [-0.05, 0) is 56.9 Å². The molecular formula is C16H26N2O2. The third kappa shape index (κ3) is 4.15. The van der Waals surface area contributed by atoms with Crippen molar-refractivity contribution in [3.63, 3.8) is 0 Å². The zero-order chi connectivity index (χ0) is 15.3. The molecule has 0 aliphatic heterocycles. The summed E-state index contributed by atoms with van der Waals surface area (Å²) in [4.78, 5) is 12.1. The van der Waals surface area contributed by atoms with Crippen molar-refractivity contribution in [2.24, 2.45) is 0 Å². The second kappa shape index (κ2) is 7.17. The smallest absolute Gasteiger partial charge is 0.260 e. The molecule has 0 aliphatic carbocycles. The van der Waals surface area contributed by atoms with Crippen LogP contribution in [0.4, 0.5) is 5.69 Å². The number of ether oxygens (including phenoxy) is 1. The van der Waals surface area contributed by atoms with Crippen LogP contribution in [-0.2, 0) is 4.79 Å². The molecule has 1 rings (SSSR count). The SMILES string of the molecule is CCC(CC)NC(=O)C(C)Oc1cc(C)c(N)cc1C. The number of hydrogen-bond acceptors (Lipinski definition) is 3. The van der Waals surface area contributed by atoms with E-state index in [9.17, 15) is 4.79 Å². The molecule has 0 saturated heterocycles. The number of carbonyl (C=O) groups is 1. The van der Waals surface area contributed by atoms with Gasteiger partial charge in [-0.2, -0.15) is 0 Å². The average molecular weight is 278 g/mol. The van der Waals surface area contributed by atoms with Crippen molar-refractivity contribution in [2.75, 3.05) is 5.73 Å². The van der Waals surface area contributed by atoms with Gasteiger partial charge in [-0.1, -0.05) is 13.8 Å². The molecule has 0 radical (unpaired) electrons. The fourth-order valence-electron chi connectivity index (χ4n) is 1.99. The van der Waals surface area contributed by atoms with E-state index in [1.54, 1.807) is 6.92 Å². The van der Waals surface area contributed by atoms with E-state index < -0.39 is 6.10 Å². The Hall–Kier alpha value is -1.71. The van der Waals surface area contributed by atoms with E-state index in [1.807, 2.05) is 26.0 Å². The number of nitrogen functional groups attached to an aromatic ring is 1. The third-order valence-corrected chi connectivity index (χ3v) is 3.57. The molecule has 0 saturated carbocycles. The molecule has 0 spiro atoms. The molecule has 1 unspecified atom stereocenters. The van der Waals surface area contributed by atoms with Crippen LogP contribution in [0.1, 0.15) is 44.7 Å². The molecule has 3 N–H and O–H groups in total. The molecule has 1 atom stereocenters. The number of anilines is 1. The van der Waals surface area contributed by atoms with Gasteiger partial charge in [0, 0.05) is 11.7 Å². The molecule has 4 heteroatoms. The number of carbonyl (C=O) groups excluding carboxylic acids is 1. The molecule has 0 heterocycles. The van der Waals surface area contributed by atoms with E-state index in [0.29, 0.717) is 5.75 Å². The van der Waals surface area contributed by atoms with Gasteiger partial charge in [0.25, 0.3) is 5.91 Å². The minimum atomic E-state index is -0.516. The third-order valence-electron chi connectivity index (χ3n) is 3.57. The Morgan fingerprint density at radius 3 is 2.40 bits per heavy atom. The minimum Gasteiger partial charge on any atom is -0.481 e. The maximum atomic E-state index is 12.1. The number of nitrogens with one attached hydrogen (secondary N) is 1. The summed E-state index contributed by atoms with van der Waals surface area (Å²) in [5.74, 6) is 0.636. The summed E-state index contributed by atoms with van der Waals surface area (Å²) in [5, 5.41) is 2.99. The first-order chi connectivity index (χ1) is 9.38. The first-order valence-electron chi connectivity index (χ1n) is 7.22. The summed E-state index contributed by atoms with van der Waals surface area (Å²) in [7, 11) is 0. The summed E-state index contributed by atoms with van der Waals surface area (Å²) in [6.07, 6.45) is 1.33. The Bertz CT molecular complexity index is 468. The molecule has 1 aromatic rings. The van der Waals surface area contributed by atoms with Crippen LogP contribution >= 0.6 is 0 Å². The van der Waals surface area contributed by atoms with Gasteiger partial charge in [-0.3, -0.25) is 4.79 Å². The zero-order valence-electron chi connectivity index (χ0n) is 13.1. The number of amides is 1. The highest BCUT2D eigenvalue weighted by Gasteiger charge is 2.18. The van der Waals surface area contributed by atoms with Crippen LogP contribution in [0, 0.1) is 13.8 Å². The number of hydrogen-bond donors (Lipinski definition) is 2. The molecule has 0 aliphatic rings. The Balaban J connectivity index is 2.73. The molecule has 1 amide bonds. The van der Waals surface area contributed by atoms with Crippen LogP contribution < -0.4 is 15.8 Å². The predicted molar refractivity (Wildman–Crippen MR) is 82.9 cm³/mol.